The zero-order chi connectivity index (χ0) is 19.4. The lowest BCUT2D eigenvalue weighted by Gasteiger charge is -2.11. The van der Waals surface area contributed by atoms with Crippen LogP contribution in [0.4, 0.5) is 4.39 Å². The first-order valence-electron chi connectivity index (χ1n) is 8.39. The molecular weight excluding hydrogens is 481 g/mol. The average Bonchev–Trinajstić information content (AvgIpc) is 2.98. The van der Waals surface area contributed by atoms with Gasteiger partial charge in [0.2, 0.25) is 5.90 Å². The number of halogens is 3. The van der Waals surface area contributed by atoms with Crippen LogP contribution >= 0.6 is 31.9 Å². The van der Waals surface area contributed by atoms with Crippen LogP contribution in [-0.4, -0.2) is 18.5 Å². The number of unbranched alkanes of at least 4 members (excludes halogenated alkanes) is 1. The number of aliphatic imine (C=N–C) groups is 1. The lowest BCUT2D eigenvalue weighted by molar-refractivity contribution is -0.129. The van der Waals surface area contributed by atoms with E-state index in [4.69, 9.17) is 9.47 Å². The van der Waals surface area contributed by atoms with Gasteiger partial charge in [0.15, 0.2) is 5.70 Å². The minimum Gasteiger partial charge on any atom is -0.491 e. The number of benzene rings is 2. The Morgan fingerprint density at radius 2 is 1.93 bits per heavy atom. The van der Waals surface area contributed by atoms with Crippen LogP contribution in [0.5, 0.6) is 5.75 Å². The first kappa shape index (κ1) is 19.8. The molecule has 0 spiro atoms. The highest BCUT2D eigenvalue weighted by Gasteiger charge is 2.26. The molecule has 0 saturated heterocycles. The van der Waals surface area contributed by atoms with Crippen LogP contribution in [0, 0.1) is 5.82 Å². The maximum atomic E-state index is 13.9. The second-order valence-corrected chi connectivity index (χ2v) is 7.54. The second-order valence-electron chi connectivity index (χ2n) is 5.83. The maximum absolute atomic E-state index is 13.9. The first-order valence-corrected chi connectivity index (χ1v) is 9.97. The van der Waals surface area contributed by atoms with E-state index in [2.05, 4.69) is 43.8 Å². The van der Waals surface area contributed by atoms with E-state index < -0.39 is 11.8 Å². The highest BCUT2D eigenvalue weighted by molar-refractivity contribution is 9.11. The molecule has 0 atom stereocenters. The van der Waals surface area contributed by atoms with E-state index in [1.54, 1.807) is 18.2 Å². The molecule has 0 radical (unpaired) electrons. The Morgan fingerprint density at radius 3 is 2.59 bits per heavy atom. The number of rotatable bonds is 6. The van der Waals surface area contributed by atoms with Crippen molar-refractivity contribution < 1.29 is 18.7 Å². The van der Waals surface area contributed by atoms with E-state index in [1.165, 1.54) is 12.1 Å². The zero-order valence-corrected chi connectivity index (χ0v) is 17.6. The predicted molar refractivity (Wildman–Crippen MR) is 109 cm³/mol. The molecule has 140 valence electrons. The third-order valence-electron chi connectivity index (χ3n) is 3.79. The fourth-order valence-corrected chi connectivity index (χ4v) is 3.89. The minimum atomic E-state index is -0.622. The Kier molecular flexibility index (Phi) is 6.44. The van der Waals surface area contributed by atoms with Crippen molar-refractivity contribution >= 4 is 49.8 Å². The standard InChI is InChI=1S/C20H16Br2FNO3/c1-2-3-8-26-18-14(21)9-12(10-15(18)22)11-17-20(25)27-19(24-17)13-6-4-5-7-16(13)23/h4-7,9-11H,2-3,8H2,1H3/b17-11-. The highest BCUT2D eigenvalue weighted by atomic mass is 79.9. The van der Waals surface area contributed by atoms with Gasteiger partial charge < -0.3 is 9.47 Å². The van der Waals surface area contributed by atoms with Crippen LogP contribution in [0.3, 0.4) is 0 Å². The third kappa shape index (κ3) is 4.65. The predicted octanol–water partition coefficient (Wildman–Crippen LogP) is 5.87. The van der Waals surface area contributed by atoms with Crippen LogP contribution in [0.1, 0.15) is 30.9 Å². The van der Waals surface area contributed by atoms with Crippen LogP contribution < -0.4 is 4.74 Å². The number of carbonyl (C=O) groups is 1. The van der Waals surface area contributed by atoms with Crippen molar-refractivity contribution in [1.29, 1.82) is 0 Å². The molecule has 3 rings (SSSR count). The van der Waals surface area contributed by atoms with Gasteiger partial charge in [0, 0.05) is 0 Å². The summed E-state index contributed by atoms with van der Waals surface area (Å²) in [5.41, 5.74) is 0.977. The normalized spacial score (nSPS) is 15.0. The fraction of sp³-hybridized carbons (Fsp3) is 0.200. The summed E-state index contributed by atoms with van der Waals surface area (Å²) in [7, 11) is 0. The molecule has 0 N–H and O–H groups in total. The van der Waals surface area contributed by atoms with Gasteiger partial charge in [-0.3, -0.25) is 0 Å². The topological polar surface area (TPSA) is 47.9 Å². The van der Waals surface area contributed by atoms with Gasteiger partial charge in [-0.25, -0.2) is 14.2 Å². The minimum absolute atomic E-state index is 0.0398. The molecule has 0 aliphatic carbocycles. The Bertz CT molecular complexity index is 918. The van der Waals surface area contributed by atoms with E-state index in [0.29, 0.717) is 12.4 Å². The van der Waals surface area contributed by atoms with Crippen molar-refractivity contribution in [3.8, 4) is 5.75 Å². The second kappa shape index (κ2) is 8.80. The summed E-state index contributed by atoms with van der Waals surface area (Å²) < 4.78 is 26.3. The molecule has 2 aromatic rings. The summed E-state index contributed by atoms with van der Waals surface area (Å²) in [6.45, 7) is 2.72. The van der Waals surface area contributed by atoms with Crippen LogP contribution in [-0.2, 0) is 9.53 Å². The highest BCUT2D eigenvalue weighted by Crippen LogP contribution is 2.36. The van der Waals surface area contributed by atoms with Crippen molar-refractivity contribution in [2.24, 2.45) is 4.99 Å². The summed E-state index contributed by atoms with van der Waals surface area (Å²) in [5.74, 6) is -0.453. The summed E-state index contributed by atoms with van der Waals surface area (Å²) >= 11 is 6.97. The van der Waals surface area contributed by atoms with Gasteiger partial charge in [-0.15, -0.1) is 0 Å². The van der Waals surface area contributed by atoms with Gasteiger partial charge >= 0.3 is 5.97 Å². The number of esters is 1. The molecular formula is C20H16Br2FNO3. The molecule has 0 bridgehead atoms. The zero-order valence-electron chi connectivity index (χ0n) is 14.5. The molecule has 0 amide bonds. The molecule has 0 fully saturated rings. The summed E-state index contributed by atoms with van der Waals surface area (Å²) in [6, 6.07) is 9.67. The fourth-order valence-electron chi connectivity index (χ4n) is 2.44. The van der Waals surface area contributed by atoms with Crippen molar-refractivity contribution in [1.82, 2.24) is 0 Å². The van der Waals surface area contributed by atoms with Crippen molar-refractivity contribution in [3.05, 3.63) is 68.0 Å². The molecule has 2 aromatic carbocycles. The van der Waals surface area contributed by atoms with Crippen molar-refractivity contribution in [2.75, 3.05) is 6.61 Å². The van der Waals surface area contributed by atoms with Gasteiger partial charge in [-0.05, 0) is 74.2 Å². The summed E-state index contributed by atoms with van der Waals surface area (Å²) in [6.07, 6.45) is 3.59. The third-order valence-corrected chi connectivity index (χ3v) is 4.97. The average molecular weight is 497 g/mol. The van der Waals surface area contributed by atoms with Crippen LogP contribution in [0.15, 0.2) is 56.0 Å². The number of nitrogens with zero attached hydrogens (tertiary/aromatic N) is 1. The Labute approximate surface area is 173 Å². The molecule has 0 unspecified atom stereocenters. The smallest absolute Gasteiger partial charge is 0.363 e. The van der Waals surface area contributed by atoms with Crippen LogP contribution in [0.2, 0.25) is 0 Å². The maximum Gasteiger partial charge on any atom is 0.363 e. The summed E-state index contributed by atoms with van der Waals surface area (Å²) in [4.78, 5) is 16.3. The number of carbonyl (C=O) groups excluding carboxylic acids is 1. The number of hydrogen-bond donors (Lipinski definition) is 0. The Balaban J connectivity index is 1.88. The lowest BCUT2D eigenvalue weighted by Crippen LogP contribution is -2.07. The quantitative estimate of drug-likeness (QED) is 0.285. The molecule has 4 nitrogen and oxygen atoms in total. The number of ether oxygens (including phenoxy) is 2. The summed E-state index contributed by atoms with van der Waals surface area (Å²) in [5, 5.41) is 0. The Morgan fingerprint density at radius 1 is 1.22 bits per heavy atom. The van der Waals surface area contributed by atoms with Crippen LogP contribution in [0.25, 0.3) is 6.08 Å². The number of hydrogen-bond acceptors (Lipinski definition) is 4. The molecule has 1 heterocycles. The lowest BCUT2D eigenvalue weighted by atomic mass is 10.2. The van der Waals surface area contributed by atoms with E-state index in [9.17, 15) is 9.18 Å². The van der Waals surface area contributed by atoms with Gasteiger partial charge in [-0.2, -0.15) is 0 Å². The molecule has 0 saturated carbocycles. The molecule has 0 aromatic heterocycles. The van der Waals surface area contributed by atoms with E-state index in [1.807, 2.05) is 12.1 Å². The van der Waals surface area contributed by atoms with Gasteiger partial charge in [-0.1, -0.05) is 25.5 Å². The molecule has 27 heavy (non-hydrogen) atoms. The SMILES string of the molecule is CCCCOc1c(Br)cc(/C=C2\N=C(c3ccccc3F)OC2=O)cc1Br. The van der Waals surface area contributed by atoms with E-state index >= 15 is 0 Å². The van der Waals surface area contributed by atoms with E-state index in [-0.39, 0.29) is 17.2 Å². The Hall–Kier alpha value is -1.99. The van der Waals surface area contributed by atoms with E-state index in [0.717, 1.165) is 27.4 Å². The van der Waals surface area contributed by atoms with Gasteiger partial charge in [0.25, 0.3) is 0 Å². The molecule has 1 aliphatic heterocycles. The van der Waals surface area contributed by atoms with Gasteiger partial charge in [0.05, 0.1) is 21.1 Å². The molecule has 1 aliphatic rings. The number of cyclic esters (lactones) is 1. The largest absolute Gasteiger partial charge is 0.491 e. The van der Waals surface area contributed by atoms with Gasteiger partial charge in [0.1, 0.15) is 11.6 Å². The van der Waals surface area contributed by atoms with Crippen molar-refractivity contribution in [2.45, 2.75) is 19.8 Å². The van der Waals surface area contributed by atoms with Crippen molar-refractivity contribution in [3.63, 3.8) is 0 Å². The first-order chi connectivity index (χ1) is 13.0. The molecule has 7 heteroatoms. The monoisotopic (exact) mass is 495 g/mol.